The number of carbonyl (C=O) groups is 1. The monoisotopic (exact) mass is 408 g/mol. The van der Waals surface area contributed by atoms with Gasteiger partial charge in [0.2, 0.25) is 0 Å². The Hall–Kier alpha value is -2.99. The van der Waals surface area contributed by atoms with Gasteiger partial charge in [-0.05, 0) is 38.0 Å². The molecule has 4 rings (SSSR count). The molecule has 30 heavy (non-hydrogen) atoms. The third kappa shape index (κ3) is 4.14. The van der Waals surface area contributed by atoms with Crippen molar-refractivity contribution in [1.82, 2.24) is 10.2 Å². The molecule has 0 bridgehead atoms. The van der Waals surface area contributed by atoms with Crippen molar-refractivity contribution >= 4 is 16.9 Å². The quantitative estimate of drug-likeness (QED) is 0.664. The highest BCUT2D eigenvalue weighted by Crippen LogP contribution is 2.29. The highest BCUT2D eigenvalue weighted by molar-refractivity contribution is 5.95. The van der Waals surface area contributed by atoms with E-state index in [-0.39, 0.29) is 11.9 Å². The largest absolute Gasteiger partial charge is 0.496 e. The minimum absolute atomic E-state index is 0.0918. The fourth-order valence-corrected chi connectivity index (χ4v) is 4.12. The lowest BCUT2D eigenvalue weighted by Gasteiger charge is -2.32. The molecular weight excluding hydrogens is 380 g/mol. The van der Waals surface area contributed by atoms with Crippen LogP contribution in [0, 0.1) is 6.92 Å². The number of benzene rings is 2. The van der Waals surface area contributed by atoms with Gasteiger partial charge >= 0.3 is 0 Å². The van der Waals surface area contributed by atoms with E-state index in [1.807, 2.05) is 31.4 Å². The van der Waals surface area contributed by atoms with Crippen LogP contribution in [-0.4, -0.2) is 44.2 Å². The molecule has 0 radical (unpaired) electrons. The Labute approximate surface area is 176 Å². The van der Waals surface area contributed by atoms with Crippen LogP contribution < -0.4 is 14.8 Å². The Bertz CT molecular complexity index is 1010. The second kappa shape index (κ2) is 8.79. The fraction of sp³-hybridized carbons (Fsp3) is 0.375. The molecule has 0 spiro atoms. The molecule has 2 aromatic carbocycles. The summed E-state index contributed by atoms with van der Waals surface area (Å²) in [5, 5.41) is 4.35. The second-order valence-corrected chi connectivity index (χ2v) is 7.79. The zero-order valence-corrected chi connectivity index (χ0v) is 17.7. The maximum atomic E-state index is 12.8. The van der Waals surface area contributed by atoms with E-state index in [2.05, 4.69) is 16.3 Å². The van der Waals surface area contributed by atoms with Gasteiger partial charge in [0.05, 0.1) is 20.5 Å². The van der Waals surface area contributed by atoms with Crippen LogP contribution in [-0.2, 0) is 6.54 Å². The van der Waals surface area contributed by atoms with E-state index in [4.69, 9.17) is 13.9 Å². The van der Waals surface area contributed by atoms with Crippen LogP contribution in [0.25, 0.3) is 11.0 Å². The third-order valence-corrected chi connectivity index (χ3v) is 5.89. The van der Waals surface area contributed by atoms with Crippen molar-refractivity contribution in [2.24, 2.45) is 0 Å². The Balaban J connectivity index is 1.35. The predicted molar refractivity (Wildman–Crippen MR) is 116 cm³/mol. The summed E-state index contributed by atoms with van der Waals surface area (Å²) >= 11 is 0. The number of ether oxygens (including phenoxy) is 2. The summed E-state index contributed by atoms with van der Waals surface area (Å²) in [7, 11) is 3.20. The summed E-state index contributed by atoms with van der Waals surface area (Å²) < 4.78 is 16.4. The lowest BCUT2D eigenvalue weighted by Crippen LogP contribution is -2.44. The molecule has 1 aromatic heterocycles. The normalized spacial score (nSPS) is 15.3. The van der Waals surface area contributed by atoms with Crippen molar-refractivity contribution in [2.75, 3.05) is 27.3 Å². The van der Waals surface area contributed by atoms with Gasteiger partial charge in [0.1, 0.15) is 17.1 Å². The maximum Gasteiger partial charge on any atom is 0.251 e. The Morgan fingerprint density at radius 1 is 1.13 bits per heavy atom. The van der Waals surface area contributed by atoms with Gasteiger partial charge in [-0.3, -0.25) is 9.69 Å². The molecule has 6 nitrogen and oxygen atoms in total. The zero-order chi connectivity index (χ0) is 21.1. The van der Waals surface area contributed by atoms with Crippen molar-refractivity contribution in [2.45, 2.75) is 32.4 Å². The maximum absolute atomic E-state index is 12.8. The van der Waals surface area contributed by atoms with Gasteiger partial charge in [-0.1, -0.05) is 18.2 Å². The SMILES string of the molecule is COc1cc(C(=O)NC2CCN(Cc3coc4ccccc34)CC2)cc(OC)c1C. The number of piperidine rings is 1. The van der Waals surface area contributed by atoms with E-state index < -0.39 is 0 Å². The van der Waals surface area contributed by atoms with E-state index in [0.717, 1.165) is 43.6 Å². The molecule has 2 heterocycles. The number of carbonyl (C=O) groups excluding carboxylic acids is 1. The Morgan fingerprint density at radius 2 is 1.80 bits per heavy atom. The number of fused-ring (bicyclic) bond motifs is 1. The van der Waals surface area contributed by atoms with Crippen molar-refractivity contribution < 1.29 is 18.7 Å². The van der Waals surface area contributed by atoms with Gasteiger partial charge in [-0.25, -0.2) is 0 Å². The van der Waals surface area contributed by atoms with E-state index in [0.29, 0.717) is 17.1 Å². The summed E-state index contributed by atoms with van der Waals surface area (Å²) in [4.78, 5) is 15.2. The summed E-state index contributed by atoms with van der Waals surface area (Å²) in [6, 6.07) is 11.8. The first-order chi connectivity index (χ1) is 14.6. The van der Waals surface area contributed by atoms with Crippen molar-refractivity contribution in [3.8, 4) is 11.5 Å². The number of para-hydroxylation sites is 1. The van der Waals surface area contributed by atoms with Gasteiger partial charge in [0.25, 0.3) is 5.91 Å². The Morgan fingerprint density at radius 3 is 2.47 bits per heavy atom. The number of hydrogen-bond donors (Lipinski definition) is 1. The lowest BCUT2D eigenvalue weighted by atomic mass is 10.0. The minimum Gasteiger partial charge on any atom is -0.496 e. The van der Waals surface area contributed by atoms with E-state index in [1.165, 1.54) is 10.9 Å². The van der Waals surface area contributed by atoms with Crippen LogP contribution in [0.4, 0.5) is 0 Å². The van der Waals surface area contributed by atoms with Crippen LogP contribution in [0.15, 0.2) is 47.1 Å². The average molecular weight is 408 g/mol. The van der Waals surface area contributed by atoms with Crippen molar-refractivity contribution in [1.29, 1.82) is 0 Å². The minimum atomic E-state index is -0.0918. The molecule has 158 valence electrons. The first-order valence-electron chi connectivity index (χ1n) is 10.3. The fourth-order valence-electron chi connectivity index (χ4n) is 4.12. The molecule has 0 unspecified atom stereocenters. The average Bonchev–Trinajstić information content (AvgIpc) is 3.18. The van der Waals surface area contributed by atoms with E-state index >= 15 is 0 Å². The van der Waals surface area contributed by atoms with Gasteiger partial charge in [-0.2, -0.15) is 0 Å². The van der Waals surface area contributed by atoms with Gasteiger partial charge in [0.15, 0.2) is 0 Å². The molecule has 1 aliphatic rings. The number of amides is 1. The number of likely N-dealkylation sites (tertiary alicyclic amines) is 1. The highest BCUT2D eigenvalue weighted by Gasteiger charge is 2.23. The molecule has 0 aliphatic carbocycles. The summed E-state index contributed by atoms with van der Waals surface area (Å²) in [5.41, 5.74) is 3.59. The molecule has 6 heteroatoms. The molecule has 1 fully saturated rings. The number of hydrogen-bond acceptors (Lipinski definition) is 5. The van der Waals surface area contributed by atoms with Gasteiger partial charge < -0.3 is 19.2 Å². The van der Waals surface area contributed by atoms with Crippen LogP contribution in [0.1, 0.15) is 34.3 Å². The van der Waals surface area contributed by atoms with E-state index in [1.54, 1.807) is 26.4 Å². The summed E-state index contributed by atoms with van der Waals surface area (Å²) in [5.74, 6) is 1.22. The number of furan rings is 1. The first kappa shape index (κ1) is 20.3. The highest BCUT2D eigenvalue weighted by atomic mass is 16.5. The zero-order valence-electron chi connectivity index (χ0n) is 17.7. The topological polar surface area (TPSA) is 63.9 Å². The van der Waals surface area contributed by atoms with Crippen molar-refractivity contribution in [3.05, 3.63) is 59.4 Å². The summed E-state index contributed by atoms with van der Waals surface area (Å²) in [6.45, 7) is 4.65. The molecule has 0 saturated carbocycles. The lowest BCUT2D eigenvalue weighted by molar-refractivity contribution is 0.0908. The first-order valence-corrected chi connectivity index (χ1v) is 10.3. The molecule has 3 aromatic rings. The second-order valence-electron chi connectivity index (χ2n) is 7.79. The molecule has 1 saturated heterocycles. The molecular formula is C24H28N2O4. The molecule has 1 amide bonds. The van der Waals surface area contributed by atoms with Crippen molar-refractivity contribution in [3.63, 3.8) is 0 Å². The van der Waals surface area contributed by atoms with Crippen LogP contribution in [0.5, 0.6) is 11.5 Å². The van der Waals surface area contributed by atoms with Crippen LogP contribution >= 0.6 is 0 Å². The molecule has 1 N–H and O–H groups in total. The number of methoxy groups -OCH3 is 2. The molecule has 0 atom stereocenters. The summed E-state index contributed by atoms with van der Waals surface area (Å²) in [6.07, 6.45) is 3.69. The van der Waals surface area contributed by atoms with Crippen LogP contribution in [0.3, 0.4) is 0 Å². The number of nitrogens with one attached hydrogen (secondary N) is 1. The van der Waals surface area contributed by atoms with Crippen LogP contribution in [0.2, 0.25) is 0 Å². The van der Waals surface area contributed by atoms with Gasteiger partial charge in [-0.15, -0.1) is 0 Å². The smallest absolute Gasteiger partial charge is 0.251 e. The number of nitrogens with zero attached hydrogens (tertiary/aromatic N) is 1. The van der Waals surface area contributed by atoms with Gasteiger partial charge in [0, 0.05) is 47.8 Å². The number of rotatable bonds is 6. The predicted octanol–water partition coefficient (Wildman–Crippen LogP) is 4.15. The molecule has 1 aliphatic heterocycles. The standard InChI is InChI=1S/C24H28N2O4/c1-16-22(28-2)12-17(13-23(16)29-3)24(27)25-19-8-10-26(11-9-19)14-18-15-30-21-7-5-4-6-20(18)21/h4-7,12-13,15,19H,8-11,14H2,1-3H3,(H,25,27). The third-order valence-electron chi connectivity index (χ3n) is 5.89. The Kier molecular flexibility index (Phi) is 5.95. The van der Waals surface area contributed by atoms with E-state index in [9.17, 15) is 4.79 Å².